The van der Waals surface area contributed by atoms with Gasteiger partial charge in [0.15, 0.2) is 11.5 Å². The molecule has 2 aromatic heterocycles. The number of hydrogen-bond donors (Lipinski definition) is 1. The number of nitrogens with two attached hydrogens (primary N) is 1. The molecule has 0 radical (unpaired) electrons. The van der Waals surface area contributed by atoms with Crippen molar-refractivity contribution < 1.29 is 0 Å². The molecule has 0 aliphatic rings. The van der Waals surface area contributed by atoms with Gasteiger partial charge in [0.1, 0.15) is 5.82 Å². The molecular formula is C13H12ClN5. The molecule has 3 rings (SSSR count). The van der Waals surface area contributed by atoms with Crippen molar-refractivity contribution in [2.24, 2.45) is 0 Å². The van der Waals surface area contributed by atoms with Crippen LogP contribution in [0, 0.1) is 13.8 Å². The first-order valence-electron chi connectivity index (χ1n) is 5.80. The van der Waals surface area contributed by atoms with Crippen LogP contribution in [-0.2, 0) is 0 Å². The molecule has 96 valence electrons. The van der Waals surface area contributed by atoms with Gasteiger partial charge in [0.25, 0.3) is 0 Å². The van der Waals surface area contributed by atoms with E-state index in [1.807, 2.05) is 36.4 Å². The molecule has 0 fully saturated rings. The van der Waals surface area contributed by atoms with Gasteiger partial charge in [-0.05, 0) is 32.0 Å². The smallest absolute Gasteiger partial charge is 0.169 e. The van der Waals surface area contributed by atoms with Gasteiger partial charge in [-0.2, -0.15) is 0 Å². The Hall–Kier alpha value is -2.14. The van der Waals surface area contributed by atoms with Crippen molar-refractivity contribution in [1.29, 1.82) is 0 Å². The third-order valence-electron chi connectivity index (χ3n) is 2.87. The molecule has 0 aliphatic heterocycles. The van der Waals surface area contributed by atoms with Crippen molar-refractivity contribution in [1.82, 2.24) is 19.6 Å². The van der Waals surface area contributed by atoms with E-state index in [-0.39, 0.29) is 0 Å². The number of aryl methyl sites for hydroxylation is 2. The van der Waals surface area contributed by atoms with E-state index < -0.39 is 0 Å². The highest BCUT2D eigenvalue weighted by molar-refractivity contribution is 6.31. The summed E-state index contributed by atoms with van der Waals surface area (Å²) in [6, 6.07) is 7.22. The van der Waals surface area contributed by atoms with Crippen molar-refractivity contribution >= 4 is 22.9 Å². The van der Waals surface area contributed by atoms with Crippen LogP contribution in [0.4, 0.5) is 5.69 Å². The minimum Gasteiger partial charge on any atom is -0.399 e. The normalized spacial score (nSPS) is 11.1. The second-order valence-electron chi connectivity index (χ2n) is 4.44. The molecule has 0 spiro atoms. The number of anilines is 1. The Morgan fingerprint density at radius 2 is 1.89 bits per heavy atom. The SMILES string of the molecule is Cc1cc2nnc(-c3cc(N)cc(Cl)c3)n2c(C)n1. The van der Waals surface area contributed by atoms with Crippen LogP contribution in [-0.4, -0.2) is 19.6 Å². The quantitative estimate of drug-likeness (QED) is 0.692. The van der Waals surface area contributed by atoms with Crippen LogP contribution in [0.15, 0.2) is 24.3 Å². The summed E-state index contributed by atoms with van der Waals surface area (Å²) in [4.78, 5) is 4.42. The summed E-state index contributed by atoms with van der Waals surface area (Å²) in [6.07, 6.45) is 0. The topological polar surface area (TPSA) is 69.1 Å². The molecule has 0 saturated heterocycles. The molecule has 2 heterocycles. The van der Waals surface area contributed by atoms with Gasteiger partial charge in [0, 0.05) is 28.0 Å². The Morgan fingerprint density at radius 1 is 1.11 bits per heavy atom. The van der Waals surface area contributed by atoms with Crippen LogP contribution in [0.25, 0.3) is 17.0 Å². The Morgan fingerprint density at radius 3 is 2.63 bits per heavy atom. The number of nitrogens with zero attached hydrogens (tertiary/aromatic N) is 4. The number of halogens is 1. The Bertz CT molecular complexity index is 758. The van der Waals surface area contributed by atoms with Crippen molar-refractivity contribution in [2.75, 3.05) is 5.73 Å². The van der Waals surface area contributed by atoms with E-state index in [1.54, 1.807) is 6.07 Å². The summed E-state index contributed by atoms with van der Waals surface area (Å²) >= 11 is 6.03. The monoisotopic (exact) mass is 273 g/mol. The maximum absolute atomic E-state index is 6.03. The maximum Gasteiger partial charge on any atom is 0.169 e. The van der Waals surface area contributed by atoms with Crippen LogP contribution in [0.2, 0.25) is 5.02 Å². The lowest BCUT2D eigenvalue weighted by molar-refractivity contribution is 0.962. The van der Waals surface area contributed by atoms with E-state index in [1.165, 1.54) is 0 Å². The summed E-state index contributed by atoms with van der Waals surface area (Å²) in [6.45, 7) is 3.85. The van der Waals surface area contributed by atoms with E-state index in [0.717, 1.165) is 22.7 Å². The zero-order chi connectivity index (χ0) is 13.6. The lowest BCUT2D eigenvalue weighted by Crippen LogP contribution is -1.99. The molecule has 0 aliphatic carbocycles. The van der Waals surface area contributed by atoms with Crippen molar-refractivity contribution in [2.45, 2.75) is 13.8 Å². The molecule has 3 aromatic rings. The Balaban J connectivity index is 2.31. The number of aromatic nitrogens is 4. The predicted octanol–water partition coefficient (Wildman–Crippen LogP) is 2.64. The second kappa shape index (κ2) is 4.20. The average Bonchev–Trinajstić information content (AvgIpc) is 2.71. The molecule has 6 heteroatoms. The molecule has 0 amide bonds. The van der Waals surface area contributed by atoms with Gasteiger partial charge < -0.3 is 5.73 Å². The van der Waals surface area contributed by atoms with Gasteiger partial charge in [0.05, 0.1) is 0 Å². The highest BCUT2D eigenvalue weighted by Crippen LogP contribution is 2.25. The fourth-order valence-corrected chi connectivity index (χ4v) is 2.41. The summed E-state index contributed by atoms with van der Waals surface area (Å²) in [5.74, 6) is 1.52. The first-order chi connectivity index (χ1) is 9.04. The van der Waals surface area contributed by atoms with Crippen molar-refractivity contribution in [3.05, 3.63) is 40.8 Å². The average molecular weight is 274 g/mol. The molecule has 0 unspecified atom stereocenters. The van der Waals surface area contributed by atoms with Gasteiger partial charge in [0.2, 0.25) is 0 Å². The van der Waals surface area contributed by atoms with E-state index in [9.17, 15) is 0 Å². The van der Waals surface area contributed by atoms with Crippen LogP contribution < -0.4 is 5.73 Å². The fraction of sp³-hybridized carbons (Fsp3) is 0.154. The summed E-state index contributed by atoms with van der Waals surface area (Å²) in [7, 11) is 0. The van der Waals surface area contributed by atoms with E-state index in [4.69, 9.17) is 17.3 Å². The molecule has 0 atom stereocenters. The molecule has 1 aromatic carbocycles. The van der Waals surface area contributed by atoms with Crippen molar-refractivity contribution in [3.63, 3.8) is 0 Å². The minimum atomic E-state index is 0.574. The third-order valence-corrected chi connectivity index (χ3v) is 3.08. The van der Waals surface area contributed by atoms with Gasteiger partial charge in [-0.15, -0.1) is 10.2 Å². The highest BCUT2D eigenvalue weighted by atomic mass is 35.5. The van der Waals surface area contributed by atoms with Crippen LogP contribution in [0.3, 0.4) is 0 Å². The van der Waals surface area contributed by atoms with Crippen LogP contribution in [0.5, 0.6) is 0 Å². The maximum atomic E-state index is 6.03. The first-order valence-corrected chi connectivity index (χ1v) is 6.18. The van der Waals surface area contributed by atoms with Gasteiger partial charge in [-0.1, -0.05) is 11.6 Å². The lowest BCUT2D eigenvalue weighted by Gasteiger charge is -2.05. The number of fused-ring (bicyclic) bond motifs is 1. The molecular weight excluding hydrogens is 262 g/mol. The largest absolute Gasteiger partial charge is 0.399 e. The lowest BCUT2D eigenvalue weighted by atomic mass is 10.2. The minimum absolute atomic E-state index is 0.574. The van der Waals surface area contributed by atoms with E-state index >= 15 is 0 Å². The number of rotatable bonds is 1. The van der Waals surface area contributed by atoms with E-state index in [0.29, 0.717) is 16.5 Å². The van der Waals surface area contributed by atoms with Crippen molar-refractivity contribution in [3.8, 4) is 11.4 Å². The van der Waals surface area contributed by atoms with Gasteiger partial charge in [-0.3, -0.25) is 4.40 Å². The zero-order valence-electron chi connectivity index (χ0n) is 10.6. The summed E-state index contributed by atoms with van der Waals surface area (Å²) < 4.78 is 1.89. The van der Waals surface area contributed by atoms with Crippen LogP contribution in [0.1, 0.15) is 11.5 Å². The molecule has 5 nitrogen and oxygen atoms in total. The Kier molecular flexibility index (Phi) is 2.64. The molecule has 19 heavy (non-hydrogen) atoms. The second-order valence-corrected chi connectivity index (χ2v) is 4.87. The van der Waals surface area contributed by atoms with E-state index in [2.05, 4.69) is 15.2 Å². The summed E-state index contributed by atoms with van der Waals surface area (Å²) in [5.41, 5.74) is 8.91. The van der Waals surface area contributed by atoms with Crippen LogP contribution >= 0.6 is 11.6 Å². The number of nitrogen functional groups attached to an aromatic ring is 1. The predicted molar refractivity (Wildman–Crippen MR) is 75.1 cm³/mol. The first kappa shape index (κ1) is 11.9. The molecule has 0 bridgehead atoms. The standard InChI is InChI=1S/C13H12ClN5/c1-7-3-12-17-18-13(19(12)8(2)16-7)9-4-10(14)6-11(15)5-9/h3-6H,15H2,1-2H3. The molecule has 2 N–H and O–H groups in total. The highest BCUT2D eigenvalue weighted by Gasteiger charge is 2.12. The number of hydrogen-bond acceptors (Lipinski definition) is 4. The fourth-order valence-electron chi connectivity index (χ4n) is 2.16. The van der Waals surface area contributed by atoms with Gasteiger partial charge >= 0.3 is 0 Å². The third kappa shape index (κ3) is 2.02. The van der Waals surface area contributed by atoms with Gasteiger partial charge in [-0.25, -0.2) is 4.98 Å². The number of benzene rings is 1. The zero-order valence-corrected chi connectivity index (χ0v) is 11.3. The Labute approximate surface area is 115 Å². The molecule has 0 saturated carbocycles. The summed E-state index contributed by atoms with van der Waals surface area (Å²) in [5, 5.41) is 8.95.